The summed E-state index contributed by atoms with van der Waals surface area (Å²) in [6.07, 6.45) is 0.865. The quantitative estimate of drug-likeness (QED) is 0.667. The Morgan fingerprint density at radius 1 is 1.13 bits per heavy atom. The van der Waals surface area contributed by atoms with Gasteiger partial charge in [-0.15, -0.1) is 0 Å². The van der Waals surface area contributed by atoms with Crippen LogP contribution in [0.15, 0.2) is 42.5 Å². The number of nitrogens with zero attached hydrogens (tertiary/aromatic N) is 2. The number of hydrogen-bond donors (Lipinski definition) is 0. The SMILES string of the molecule is COc1ccc(CCN2CC(C(=O)N(C)Cc3cccc(F)c3)CC2=O)cc1OC. The van der Waals surface area contributed by atoms with Crippen molar-refractivity contribution in [3.63, 3.8) is 0 Å². The average Bonchev–Trinajstić information content (AvgIpc) is 3.11. The van der Waals surface area contributed by atoms with Crippen molar-refractivity contribution in [1.82, 2.24) is 9.80 Å². The van der Waals surface area contributed by atoms with Crippen LogP contribution in [0.2, 0.25) is 0 Å². The maximum Gasteiger partial charge on any atom is 0.228 e. The summed E-state index contributed by atoms with van der Waals surface area (Å²) >= 11 is 0. The lowest BCUT2D eigenvalue weighted by Gasteiger charge is -2.21. The molecular formula is C23H27FN2O4. The van der Waals surface area contributed by atoms with E-state index in [0.717, 1.165) is 11.1 Å². The summed E-state index contributed by atoms with van der Waals surface area (Å²) in [6, 6.07) is 11.9. The third-order valence-electron chi connectivity index (χ3n) is 5.37. The van der Waals surface area contributed by atoms with Crippen LogP contribution < -0.4 is 9.47 Å². The van der Waals surface area contributed by atoms with Crippen molar-refractivity contribution >= 4 is 11.8 Å². The molecule has 1 aliphatic heterocycles. The van der Waals surface area contributed by atoms with Gasteiger partial charge in [-0.05, 0) is 41.8 Å². The number of likely N-dealkylation sites (tertiary alicyclic amines) is 1. The Morgan fingerprint density at radius 2 is 1.90 bits per heavy atom. The zero-order chi connectivity index (χ0) is 21.7. The minimum atomic E-state index is -0.374. The first-order chi connectivity index (χ1) is 14.4. The minimum absolute atomic E-state index is 0.0204. The van der Waals surface area contributed by atoms with Crippen molar-refractivity contribution < 1.29 is 23.5 Å². The monoisotopic (exact) mass is 414 g/mol. The summed E-state index contributed by atoms with van der Waals surface area (Å²) < 4.78 is 23.9. The van der Waals surface area contributed by atoms with E-state index in [0.29, 0.717) is 37.6 Å². The van der Waals surface area contributed by atoms with Crippen LogP contribution in [0.5, 0.6) is 11.5 Å². The highest BCUT2D eigenvalue weighted by Gasteiger charge is 2.35. The van der Waals surface area contributed by atoms with Crippen molar-refractivity contribution in [1.29, 1.82) is 0 Å². The van der Waals surface area contributed by atoms with Crippen LogP contribution in [0.25, 0.3) is 0 Å². The Hall–Kier alpha value is -3.09. The van der Waals surface area contributed by atoms with E-state index in [1.54, 1.807) is 43.2 Å². The molecule has 0 radical (unpaired) electrons. The Kier molecular flexibility index (Phi) is 6.92. The molecule has 1 aliphatic rings. The molecule has 2 aromatic rings. The molecule has 3 rings (SSSR count). The number of benzene rings is 2. The molecule has 0 spiro atoms. The van der Waals surface area contributed by atoms with Gasteiger partial charge in [0.05, 0.1) is 20.1 Å². The standard InChI is InChI=1S/C23H27FN2O4/c1-25(14-17-5-4-6-19(24)11-17)23(28)18-13-22(27)26(15-18)10-9-16-7-8-20(29-2)21(12-16)30-3/h4-8,11-12,18H,9-10,13-15H2,1-3H3. The molecule has 7 heteroatoms. The summed E-state index contributed by atoms with van der Waals surface area (Å²) in [5.74, 6) is 0.488. The Labute approximate surface area is 176 Å². The molecular weight excluding hydrogens is 387 g/mol. The van der Waals surface area contributed by atoms with Crippen LogP contribution in [-0.4, -0.2) is 56.0 Å². The molecule has 0 aliphatic carbocycles. The van der Waals surface area contributed by atoms with Crippen molar-refractivity contribution in [2.24, 2.45) is 5.92 Å². The second-order valence-electron chi connectivity index (χ2n) is 7.50. The highest BCUT2D eigenvalue weighted by Crippen LogP contribution is 2.28. The van der Waals surface area contributed by atoms with Crippen LogP contribution in [-0.2, 0) is 22.6 Å². The zero-order valence-electron chi connectivity index (χ0n) is 17.6. The van der Waals surface area contributed by atoms with Gasteiger partial charge in [0.25, 0.3) is 0 Å². The Balaban J connectivity index is 1.56. The highest BCUT2D eigenvalue weighted by atomic mass is 19.1. The fourth-order valence-corrected chi connectivity index (χ4v) is 3.75. The molecule has 30 heavy (non-hydrogen) atoms. The first kappa shape index (κ1) is 21.6. The molecule has 160 valence electrons. The van der Waals surface area contributed by atoms with Gasteiger partial charge in [0.1, 0.15) is 5.82 Å². The smallest absolute Gasteiger partial charge is 0.228 e. The van der Waals surface area contributed by atoms with E-state index in [1.165, 1.54) is 12.1 Å². The number of carbonyl (C=O) groups excluding carboxylic acids is 2. The molecule has 2 aromatic carbocycles. The number of carbonyl (C=O) groups is 2. The summed E-state index contributed by atoms with van der Waals surface area (Å²) in [6.45, 7) is 1.25. The second-order valence-corrected chi connectivity index (χ2v) is 7.50. The van der Waals surface area contributed by atoms with Crippen LogP contribution in [0, 0.1) is 11.7 Å². The predicted molar refractivity (Wildman–Crippen MR) is 111 cm³/mol. The van der Waals surface area contributed by atoms with E-state index >= 15 is 0 Å². The molecule has 0 N–H and O–H groups in total. The van der Waals surface area contributed by atoms with Crippen molar-refractivity contribution in [2.45, 2.75) is 19.4 Å². The predicted octanol–water partition coefficient (Wildman–Crippen LogP) is 2.89. The van der Waals surface area contributed by atoms with Crippen LogP contribution in [0.4, 0.5) is 4.39 Å². The van der Waals surface area contributed by atoms with E-state index in [4.69, 9.17) is 9.47 Å². The van der Waals surface area contributed by atoms with Gasteiger partial charge in [0.15, 0.2) is 11.5 Å². The highest BCUT2D eigenvalue weighted by molar-refractivity contribution is 5.89. The van der Waals surface area contributed by atoms with Gasteiger partial charge in [-0.25, -0.2) is 4.39 Å². The summed E-state index contributed by atoms with van der Waals surface area (Å²) in [4.78, 5) is 28.5. The molecule has 0 bridgehead atoms. The zero-order valence-corrected chi connectivity index (χ0v) is 17.6. The molecule has 1 atom stereocenters. The molecule has 6 nitrogen and oxygen atoms in total. The number of halogens is 1. The number of ether oxygens (including phenoxy) is 2. The summed E-state index contributed by atoms with van der Waals surface area (Å²) in [7, 11) is 4.86. The van der Waals surface area contributed by atoms with Crippen molar-refractivity contribution in [2.75, 3.05) is 34.4 Å². The fraction of sp³-hybridized carbons (Fsp3) is 0.391. The molecule has 0 saturated carbocycles. The lowest BCUT2D eigenvalue weighted by Crippen LogP contribution is -2.34. The van der Waals surface area contributed by atoms with E-state index in [2.05, 4.69) is 0 Å². The minimum Gasteiger partial charge on any atom is -0.493 e. The number of amides is 2. The number of hydrogen-bond acceptors (Lipinski definition) is 4. The van der Waals surface area contributed by atoms with Crippen LogP contribution in [0.1, 0.15) is 17.5 Å². The molecule has 1 unspecified atom stereocenters. The molecule has 1 heterocycles. The maximum atomic E-state index is 13.4. The molecule has 1 saturated heterocycles. The van der Waals surface area contributed by atoms with E-state index in [9.17, 15) is 14.0 Å². The Bertz CT molecular complexity index is 918. The largest absolute Gasteiger partial charge is 0.493 e. The van der Waals surface area contributed by atoms with Crippen LogP contribution >= 0.6 is 0 Å². The van der Waals surface area contributed by atoms with Crippen LogP contribution in [0.3, 0.4) is 0 Å². The third kappa shape index (κ3) is 5.09. The molecule has 0 aromatic heterocycles. The first-order valence-corrected chi connectivity index (χ1v) is 9.89. The summed E-state index contributed by atoms with van der Waals surface area (Å²) in [5, 5.41) is 0. The van der Waals surface area contributed by atoms with Gasteiger partial charge in [0, 0.05) is 33.1 Å². The number of methoxy groups -OCH3 is 2. The van der Waals surface area contributed by atoms with Gasteiger partial charge in [-0.3, -0.25) is 9.59 Å². The topological polar surface area (TPSA) is 59.1 Å². The lowest BCUT2D eigenvalue weighted by atomic mass is 10.1. The van der Waals surface area contributed by atoms with Gasteiger partial charge in [-0.1, -0.05) is 18.2 Å². The van der Waals surface area contributed by atoms with Gasteiger partial charge < -0.3 is 19.3 Å². The van der Waals surface area contributed by atoms with E-state index < -0.39 is 0 Å². The number of rotatable bonds is 8. The Morgan fingerprint density at radius 3 is 2.60 bits per heavy atom. The van der Waals surface area contributed by atoms with Crippen molar-refractivity contribution in [3.05, 3.63) is 59.4 Å². The third-order valence-corrected chi connectivity index (χ3v) is 5.37. The van der Waals surface area contributed by atoms with E-state index in [1.807, 2.05) is 18.2 Å². The average molecular weight is 414 g/mol. The van der Waals surface area contributed by atoms with E-state index in [-0.39, 0.29) is 30.0 Å². The first-order valence-electron chi connectivity index (χ1n) is 9.89. The van der Waals surface area contributed by atoms with Gasteiger partial charge in [-0.2, -0.15) is 0 Å². The second kappa shape index (κ2) is 9.61. The summed E-state index contributed by atoms with van der Waals surface area (Å²) in [5.41, 5.74) is 1.75. The van der Waals surface area contributed by atoms with Gasteiger partial charge >= 0.3 is 0 Å². The van der Waals surface area contributed by atoms with Crippen molar-refractivity contribution in [3.8, 4) is 11.5 Å². The van der Waals surface area contributed by atoms with Gasteiger partial charge in [0.2, 0.25) is 11.8 Å². The lowest BCUT2D eigenvalue weighted by molar-refractivity contribution is -0.135. The molecule has 1 fully saturated rings. The maximum absolute atomic E-state index is 13.4. The fourth-order valence-electron chi connectivity index (χ4n) is 3.75. The normalized spacial score (nSPS) is 15.9. The molecule has 2 amide bonds.